The molecule has 1 aliphatic rings. The van der Waals surface area contributed by atoms with Gasteiger partial charge in [0.15, 0.2) is 0 Å². The normalized spacial score (nSPS) is 18.1. The van der Waals surface area contributed by atoms with Crippen LogP contribution in [0.4, 0.5) is 5.69 Å². The molecule has 1 saturated heterocycles. The van der Waals surface area contributed by atoms with Crippen LogP contribution >= 0.6 is 0 Å². The quantitative estimate of drug-likeness (QED) is 0.817. The van der Waals surface area contributed by atoms with E-state index in [1.807, 2.05) is 14.1 Å². The van der Waals surface area contributed by atoms with Gasteiger partial charge in [-0.25, -0.2) is 0 Å². The molecule has 0 aliphatic carbocycles. The minimum absolute atomic E-state index is 0.0819. The van der Waals surface area contributed by atoms with Gasteiger partial charge < -0.3 is 4.90 Å². The van der Waals surface area contributed by atoms with Gasteiger partial charge in [0.2, 0.25) is 0 Å². The maximum absolute atomic E-state index is 9.41. The zero-order chi connectivity index (χ0) is 13.0. The zero-order valence-corrected chi connectivity index (χ0v) is 11.3. The van der Waals surface area contributed by atoms with Gasteiger partial charge in [-0.05, 0) is 43.6 Å². The van der Waals surface area contributed by atoms with E-state index >= 15 is 0 Å². The summed E-state index contributed by atoms with van der Waals surface area (Å²) in [6.45, 7) is 2.10. The number of hydrogen-bond donors (Lipinski definition) is 0. The van der Waals surface area contributed by atoms with Crippen LogP contribution in [0.25, 0.3) is 0 Å². The van der Waals surface area contributed by atoms with Crippen molar-refractivity contribution >= 4 is 5.69 Å². The van der Waals surface area contributed by atoms with Gasteiger partial charge >= 0.3 is 0 Å². The number of hydrogen-bond acceptors (Lipinski definition) is 3. The van der Waals surface area contributed by atoms with E-state index in [-0.39, 0.29) is 6.04 Å². The SMILES string of the molecule is CN(C)c1ccc([C@@H](C#N)N2CCCCC2)cc1. The largest absolute Gasteiger partial charge is 0.378 e. The van der Waals surface area contributed by atoms with Crippen molar-refractivity contribution < 1.29 is 0 Å². The van der Waals surface area contributed by atoms with Gasteiger partial charge in [0.1, 0.15) is 6.04 Å². The lowest BCUT2D eigenvalue weighted by molar-refractivity contribution is 0.196. The molecule has 0 aromatic heterocycles. The summed E-state index contributed by atoms with van der Waals surface area (Å²) in [4.78, 5) is 4.38. The lowest BCUT2D eigenvalue weighted by Crippen LogP contribution is -2.33. The molecular weight excluding hydrogens is 222 g/mol. The van der Waals surface area contributed by atoms with Gasteiger partial charge in [0, 0.05) is 19.8 Å². The predicted octanol–water partition coefficient (Wildman–Crippen LogP) is 2.80. The predicted molar refractivity (Wildman–Crippen MR) is 74.5 cm³/mol. The van der Waals surface area contributed by atoms with Gasteiger partial charge in [-0.2, -0.15) is 5.26 Å². The summed E-state index contributed by atoms with van der Waals surface area (Å²) in [6, 6.07) is 10.7. The molecule has 0 amide bonds. The first-order chi connectivity index (χ1) is 8.72. The second kappa shape index (κ2) is 5.88. The van der Waals surface area contributed by atoms with Crippen LogP contribution in [-0.4, -0.2) is 32.1 Å². The molecule has 3 nitrogen and oxygen atoms in total. The van der Waals surface area contributed by atoms with Crippen molar-refractivity contribution in [3.8, 4) is 6.07 Å². The van der Waals surface area contributed by atoms with Crippen LogP contribution < -0.4 is 4.90 Å². The molecule has 0 N–H and O–H groups in total. The molecule has 0 unspecified atom stereocenters. The maximum Gasteiger partial charge on any atom is 0.123 e. The Hall–Kier alpha value is -1.53. The number of likely N-dealkylation sites (tertiary alicyclic amines) is 1. The van der Waals surface area contributed by atoms with Crippen molar-refractivity contribution in [3.05, 3.63) is 29.8 Å². The fraction of sp³-hybridized carbons (Fsp3) is 0.533. The van der Waals surface area contributed by atoms with Crippen LogP contribution in [0.2, 0.25) is 0 Å². The topological polar surface area (TPSA) is 30.3 Å². The molecule has 2 rings (SSSR count). The maximum atomic E-state index is 9.41. The minimum Gasteiger partial charge on any atom is -0.378 e. The molecule has 1 aromatic rings. The number of rotatable bonds is 3. The molecule has 0 bridgehead atoms. The molecule has 3 heteroatoms. The average Bonchev–Trinajstić information content (AvgIpc) is 2.41. The molecule has 1 heterocycles. The number of piperidine rings is 1. The summed E-state index contributed by atoms with van der Waals surface area (Å²) in [7, 11) is 4.06. The Bertz CT molecular complexity index is 410. The Morgan fingerprint density at radius 2 is 1.72 bits per heavy atom. The average molecular weight is 243 g/mol. The van der Waals surface area contributed by atoms with E-state index < -0.39 is 0 Å². The van der Waals surface area contributed by atoms with Crippen LogP contribution in [0.3, 0.4) is 0 Å². The smallest absolute Gasteiger partial charge is 0.123 e. The molecule has 1 aliphatic heterocycles. The molecule has 1 fully saturated rings. The Morgan fingerprint density at radius 1 is 1.11 bits per heavy atom. The van der Waals surface area contributed by atoms with Gasteiger partial charge in [-0.15, -0.1) is 0 Å². The molecule has 1 aromatic carbocycles. The second-order valence-corrected chi connectivity index (χ2v) is 5.11. The van der Waals surface area contributed by atoms with E-state index in [0.29, 0.717) is 0 Å². The summed E-state index contributed by atoms with van der Waals surface area (Å²) >= 11 is 0. The van der Waals surface area contributed by atoms with Gasteiger partial charge in [0.05, 0.1) is 6.07 Å². The zero-order valence-electron chi connectivity index (χ0n) is 11.3. The van der Waals surface area contributed by atoms with Crippen molar-refractivity contribution in [2.75, 3.05) is 32.1 Å². The number of nitriles is 1. The van der Waals surface area contributed by atoms with E-state index in [0.717, 1.165) is 18.7 Å². The van der Waals surface area contributed by atoms with Crippen LogP contribution in [-0.2, 0) is 0 Å². The Labute approximate surface area is 110 Å². The van der Waals surface area contributed by atoms with E-state index in [4.69, 9.17) is 0 Å². The van der Waals surface area contributed by atoms with Gasteiger partial charge in [0.25, 0.3) is 0 Å². The van der Waals surface area contributed by atoms with Crippen LogP contribution in [0.5, 0.6) is 0 Å². The van der Waals surface area contributed by atoms with Crippen molar-refractivity contribution in [2.24, 2.45) is 0 Å². The molecule has 0 saturated carbocycles. The molecular formula is C15H21N3. The molecule has 96 valence electrons. The van der Waals surface area contributed by atoms with Gasteiger partial charge in [-0.3, -0.25) is 4.90 Å². The van der Waals surface area contributed by atoms with Crippen molar-refractivity contribution in [1.29, 1.82) is 5.26 Å². The molecule has 1 atom stereocenters. The van der Waals surface area contributed by atoms with Crippen molar-refractivity contribution in [2.45, 2.75) is 25.3 Å². The first kappa shape index (κ1) is 12.9. The van der Waals surface area contributed by atoms with E-state index in [1.54, 1.807) is 0 Å². The Morgan fingerprint density at radius 3 is 2.22 bits per heavy atom. The third-order valence-corrected chi connectivity index (χ3v) is 3.60. The van der Waals surface area contributed by atoms with Crippen LogP contribution in [0.1, 0.15) is 30.9 Å². The lowest BCUT2D eigenvalue weighted by Gasteiger charge is -2.30. The number of benzene rings is 1. The second-order valence-electron chi connectivity index (χ2n) is 5.11. The van der Waals surface area contributed by atoms with Crippen LogP contribution in [0, 0.1) is 11.3 Å². The summed E-state index contributed by atoms with van der Waals surface area (Å²) < 4.78 is 0. The summed E-state index contributed by atoms with van der Waals surface area (Å²) in [5.41, 5.74) is 2.29. The first-order valence-corrected chi connectivity index (χ1v) is 6.63. The lowest BCUT2D eigenvalue weighted by atomic mass is 10.0. The monoisotopic (exact) mass is 243 g/mol. The fourth-order valence-electron chi connectivity index (χ4n) is 2.50. The third kappa shape index (κ3) is 2.83. The summed E-state index contributed by atoms with van der Waals surface area (Å²) in [5.74, 6) is 0. The molecule has 0 spiro atoms. The highest BCUT2D eigenvalue weighted by atomic mass is 15.2. The fourth-order valence-corrected chi connectivity index (χ4v) is 2.50. The molecule has 18 heavy (non-hydrogen) atoms. The third-order valence-electron chi connectivity index (χ3n) is 3.60. The highest BCUT2D eigenvalue weighted by Crippen LogP contribution is 2.25. The summed E-state index contributed by atoms with van der Waals surface area (Å²) in [5, 5.41) is 9.41. The van der Waals surface area contributed by atoms with E-state index in [9.17, 15) is 5.26 Å². The van der Waals surface area contributed by atoms with Gasteiger partial charge in [-0.1, -0.05) is 18.6 Å². The van der Waals surface area contributed by atoms with E-state index in [2.05, 4.69) is 40.1 Å². The van der Waals surface area contributed by atoms with E-state index in [1.165, 1.54) is 24.9 Å². The molecule has 0 radical (unpaired) electrons. The number of anilines is 1. The Kier molecular flexibility index (Phi) is 4.22. The van der Waals surface area contributed by atoms with Crippen LogP contribution in [0.15, 0.2) is 24.3 Å². The van der Waals surface area contributed by atoms with Crippen molar-refractivity contribution in [1.82, 2.24) is 4.90 Å². The highest BCUT2D eigenvalue weighted by Gasteiger charge is 2.21. The standard InChI is InChI=1S/C15H21N3/c1-17(2)14-8-6-13(7-9-14)15(12-16)18-10-4-3-5-11-18/h6-9,15H,3-5,10-11H2,1-2H3/t15-/m1/s1. The first-order valence-electron chi connectivity index (χ1n) is 6.63. The summed E-state index contributed by atoms with van der Waals surface area (Å²) in [6.07, 6.45) is 3.73. The number of nitrogens with zero attached hydrogens (tertiary/aromatic N) is 3. The van der Waals surface area contributed by atoms with Crippen molar-refractivity contribution in [3.63, 3.8) is 0 Å². The highest BCUT2D eigenvalue weighted by molar-refractivity contribution is 5.47. The Balaban J connectivity index is 2.14. The minimum atomic E-state index is -0.0819.